The van der Waals surface area contributed by atoms with Crippen molar-refractivity contribution in [3.05, 3.63) is 23.8 Å². The van der Waals surface area contributed by atoms with Gasteiger partial charge in [-0.2, -0.15) is 11.8 Å². The normalized spacial score (nSPS) is 39.1. The second-order valence-corrected chi connectivity index (χ2v) is 12.9. The van der Waals surface area contributed by atoms with Crippen LogP contribution in [0.1, 0.15) is 66.2 Å². The van der Waals surface area contributed by atoms with Gasteiger partial charge < -0.3 is 14.6 Å². The number of fused-ring (bicyclic) bond motifs is 5. The van der Waals surface area contributed by atoms with Crippen LogP contribution in [0.15, 0.2) is 23.8 Å². The molecule has 0 aromatic rings. The van der Waals surface area contributed by atoms with E-state index in [0.29, 0.717) is 24.7 Å². The number of carbonyl (C=O) groups is 4. The summed E-state index contributed by atoms with van der Waals surface area (Å²) in [5, 5.41) is 9.80. The maximum absolute atomic E-state index is 13.8. The van der Waals surface area contributed by atoms with Crippen LogP contribution in [-0.2, 0) is 28.7 Å². The summed E-state index contributed by atoms with van der Waals surface area (Å²) in [7, 11) is 0. The Morgan fingerprint density at radius 2 is 1.86 bits per heavy atom. The van der Waals surface area contributed by atoms with E-state index in [1.54, 1.807) is 12.3 Å². The molecule has 3 saturated carbocycles. The van der Waals surface area contributed by atoms with Gasteiger partial charge in [-0.05, 0) is 81.1 Å². The molecule has 0 heterocycles. The van der Waals surface area contributed by atoms with Crippen LogP contribution in [0, 0.1) is 34.5 Å². The smallest absolute Gasteiger partial charge is 0.316 e. The molecular weight excluding hydrogens is 492 g/mol. The highest BCUT2D eigenvalue weighted by atomic mass is 32.2. The number of hydrogen-bond donors (Lipinski definition) is 1. The summed E-state index contributed by atoms with van der Waals surface area (Å²) in [6, 6.07) is 0. The minimum atomic E-state index is -1.40. The quantitative estimate of drug-likeness (QED) is 0.466. The molecule has 0 aromatic carbocycles. The molecule has 1 N–H and O–H groups in total. The van der Waals surface area contributed by atoms with Crippen LogP contribution in [0.2, 0.25) is 0 Å². The van der Waals surface area contributed by atoms with E-state index in [2.05, 4.69) is 26.8 Å². The van der Waals surface area contributed by atoms with Crippen molar-refractivity contribution in [3.8, 4) is 0 Å². The Bertz CT molecular complexity index is 1030. The molecule has 1 unspecified atom stereocenters. The third-order valence-corrected chi connectivity index (χ3v) is 10.3. The maximum Gasteiger partial charge on any atom is 0.316 e. The number of aliphatic hydroxyl groups is 1. The highest BCUT2D eigenvalue weighted by molar-refractivity contribution is 7.99. The number of rotatable bonds is 8. The van der Waals surface area contributed by atoms with E-state index in [1.165, 1.54) is 24.3 Å². The lowest BCUT2D eigenvalue weighted by molar-refractivity contribution is -0.193. The Labute approximate surface area is 223 Å². The van der Waals surface area contributed by atoms with Crippen molar-refractivity contribution >= 4 is 35.3 Å². The summed E-state index contributed by atoms with van der Waals surface area (Å²) in [6.45, 7) is 7.57. The fourth-order valence-electron chi connectivity index (χ4n) is 8.20. The molecule has 0 amide bonds. The van der Waals surface area contributed by atoms with E-state index in [9.17, 15) is 24.3 Å². The Balaban J connectivity index is 1.67. The van der Waals surface area contributed by atoms with Crippen molar-refractivity contribution in [2.75, 3.05) is 18.6 Å². The van der Waals surface area contributed by atoms with Crippen molar-refractivity contribution in [1.29, 1.82) is 0 Å². The van der Waals surface area contributed by atoms with Gasteiger partial charge in [0.2, 0.25) is 5.78 Å². The van der Waals surface area contributed by atoms with Gasteiger partial charge in [0.25, 0.3) is 0 Å². The first-order valence-electron chi connectivity index (χ1n) is 13.4. The third-order valence-electron chi connectivity index (χ3n) is 9.82. The molecule has 7 nitrogen and oxygen atoms in total. The third kappa shape index (κ3) is 4.73. The zero-order valence-electron chi connectivity index (χ0n) is 22.6. The molecule has 0 saturated heterocycles. The molecule has 204 valence electrons. The van der Waals surface area contributed by atoms with E-state index in [1.807, 2.05) is 6.08 Å². The topological polar surface area (TPSA) is 107 Å². The molecule has 8 atom stereocenters. The molecule has 0 bridgehead atoms. The summed E-state index contributed by atoms with van der Waals surface area (Å²) in [4.78, 5) is 50.9. The number of allylic oxidation sites excluding steroid dienone is 4. The Kier molecular flexibility index (Phi) is 7.84. The lowest BCUT2D eigenvalue weighted by Crippen LogP contribution is -2.60. The van der Waals surface area contributed by atoms with Gasteiger partial charge in [-0.15, -0.1) is 0 Å². The predicted molar refractivity (Wildman–Crippen MR) is 141 cm³/mol. The van der Waals surface area contributed by atoms with Crippen LogP contribution >= 0.6 is 11.8 Å². The molecule has 0 spiro atoms. The SMILES string of the molecule is CSCC(=O)OCC(=O)[C@@]1(OC(=O)CC(C)O)CC[C@H]2[C@@H]3C[C@H](C)C4=CC(=O)C=C[C@]4(C)[C@H]3CC[C@@]21C. The van der Waals surface area contributed by atoms with Crippen molar-refractivity contribution in [3.63, 3.8) is 0 Å². The van der Waals surface area contributed by atoms with E-state index >= 15 is 0 Å². The Morgan fingerprint density at radius 1 is 1.16 bits per heavy atom. The fraction of sp³-hybridized carbons (Fsp3) is 0.724. The molecule has 0 radical (unpaired) electrons. The van der Waals surface area contributed by atoms with Gasteiger partial charge in [0.15, 0.2) is 18.0 Å². The molecule has 0 aliphatic heterocycles. The molecule has 8 heteroatoms. The van der Waals surface area contributed by atoms with Gasteiger partial charge >= 0.3 is 11.9 Å². The minimum Gasteiger partial charge on any atom is -0.457 e. The monoisotopic (exact) mass is 532 g/mol. The number of thioether (sulfide) groups is 1. The van der Waals surface area contributed by atoms with Crippen molar-refractivity contribution in [2.45, 2.75) is 77.9 Å². The number of ketones is 2. The largest absolute Gasteiger partial charge is 0.457 e. The zero-order valence-corrected chi connectivity index (χ0v) is 23.4. The number of carbonyl (C=O) groups excluding carboxylic acids is 4. The molecule has 3 fully saturated rings. The van der Waals surface area contributed by atoms with Crippen molar-refractivity contribution in [1.82, 2.24) is 0 Å². The number of esters is 2. The number of hydrogen-bond acceptors (Lipinski definition) is 8. The van der Waals surface area contributed by atoms with Crippen molar-refractivity contribution in [2.24, 2.45) is 34.5 Å². The molecular formula is C29H40O7S. The summed E-state index contributed by atoms with van der Waals surface area (Å²) in [5.41, 5.74) is -1.01. The predicted octanol–water partition coefficient (Wildman–Crippen LogP) is 4.07. The van der Waals surface area contributed by atoms with Gasteiger partial charge in [0.05, 0.1) is 18.3 Å². The van der Waals surface area contributed by atoms with Crippen LogP contribution in [-0.4, -0.2) is 58.9 Å². The summed E-state index contributed by atoms with van der Waals surface area (Å²) in [5.74, 6) is -0.246. The lowest BCUT2D eigenvalue weighted by Gasteiger charge is -2.59. The van der Waals surface area contributed by atoms with Crippen LogP contribution in [0.5, 0.6) is 0 Å². The molecule has 4 rings (SSSR count). The first-order valence-corrected chi connectivity index (χ1v) is 14.8. The summed E-state index contributed by atoms with van der Waals surface area (Å²) in [6.07, 6.45) is 9.85. The van der Waals surface area contributed by atoms with Crippen molar-refractivity contribution < 1.29 is 33.8 Å². The van der Waals surface area contributed by atoms with Crippen LogP contribution in [0.3, 0.4) is 0 Å². The number of ether oxygens (including phenoxy) is 2. The lowest BCUT2D eigenvalue weighted by atomic mass is 9.45. The average Bonchev–Trinajstić information content (AvgIpc) is 3.11. The molecule has 37 heavy (non-hydrogen) atoms. The molecule has 4 aliphatic carbocycles. The van der Waals surface area contributed by atoms with Gasteiger partial charge in [0, 0.05) is 10.8 Å². The van der Waals surface area contributed by atoms with E-state index in [0.717, 1.165) is 19.3 Å². The molecule has 4 aliphatic rings. The van der Waals surface area contributed by atoms with E-state index in [4.69, 9.17) is 9.47 Å². The summed E-state index contributed by atoms with van der Waals surface area (Å²) < 4.78 is 11.4. The fourth-order valence-corrected chi connectivity index (χ4v) is 8.51. The average molecular weight is 533 g/mol. The second-order valence-electron chi connectivity index (χ2n) is 12.0. The van der Waals surface area contributed by atoms with Gasteiger partial charge in [-0.25, -0.2) is 0 Å². The number of Topliss-reactive ketones (excluding diaryl/α,β-unsaturated/α-hetero) is 1. The maximum atomic E-state index is 13.8. The zero-order chi connectivity index (χ0) is 27.2. The second kappa shape index (κ2) is 10.3. The Morgan fingerprint density at radius 3 is 2.54 bits per heavy atom. The van der Waals surface area contributed by atoms with E-state index < -0.39 is 35.7 Å². The number of aliphatic hydroxyl groups excluding tert-OH is 1. The first kappa shape index (κ1) is 28.1. The highest BCUT2D eigenvalue weighted by Gasteiger charge is 2.69. The van der Waals surface area contributed by atoms with E-state index in [-0.39, 0.29) is 41.0 Å². The summed E-state index contributed by atoms with van der Waals surface area (Å²) >= 11 is 1.32. The van der Waals surface area contributed by atoms with Crippen LogP contribution < -0.4 is 0 Å². The first-order chi connectivity index (χ1) is 17.4. The van der Waals surface area contributed by atoms with Gasteiger partial charge in [-0.1, -0.05) is 32.4 Å². The highest BCUT2D eigenvalue weighted by Crippen LogP contribution is 2.68. The minimum absolute atomic E-state index is 0.0462. The van der Waals surface area contributed by atoms with Crippen LogP contribution in [0.25, 0.3) is 0 Å². The standard InChI is InChI=1S/C29H40O7S/c1-17-12-20-21(27(3)9-6-19(31)14-23(17)27)7-10-28(4)22(20)8-11-29(28,36-25(33)13-18(2)30)24(32)15-35-26(34)16-37-5/h6,9,14,17-18,20-22,30H,7-8,10-13,15-16H2,1-5H3/t17-,18?,20+,21-,22-,27+,28-,29-/m0/s1. The van der Waals surface area contributed by atoms with Gasteiger partial charge in [-0.3, -0.25) is 19.2 Å². The molecule has 0 aromatic heterocycles. The van der Waals surface area contributed by atoms with Gasteiger partial charge in [0.1, 0.15) is 0 Å². The van der Waals surface area contributed by atoms with Crippen LogP contribution in [0.4, 0.5) is 0 Å². The Hall–Kier alpha value is -1.93.